The SMILES string of the molecule is CO[C@H]1COC[C@@H]1NC(=O)COc1ccc(CCC[N+]2(CCCc3ccc(OCC(=O)N[C@H]4COC[C@@H]4OC)cc3)CCC[C@H](NC(=O)c3nc(Cl)c(N)nc3N)C2)cc1. The average Bonchev–Trinajstić information content (AvgIpc) is 3.90. The maximum Gasteiger partial charge on any atom is 0.274 e. The van der Waals surface area contributed by atoms with E-state index < -0.39 is 5.91 Å². The minimum Gasteiger partial charge on any atom is -0.484 e. The Balaban J connectivity index is 1.02. The lowest BCUT2D eigenvalue weighted by Gasteiger charge is -2.45. The molecular weight excluding hydrogens is 796 g/mol. The lowest BCUT2D eigenvalue weighted by molar-refractivity contribution is -0.933. The van der Waals surface area contributed by atoms with Gasteiger partial charge < -0.3 is 60.3 Å². The van der Waals surface area contributed by atoms with E-state index in [-0.39, 0.29) is 77.8 Å². The molecular formula is C42H58ClN8O9+. The van der Waals surface area contributed by atoms with Gasteiger partial charge >= 0.3 is 0 Å². The van der Waals surface area contributed by atoms with Crippen molar-refractivity contribution in [2.45, 2.75) is 68.9 Å². The summed E-state index contributed by atoms with van der Waals surface area (Å²) < 4.78 is 33.9. The molecule has 3 amide bonds. The number of halogens is 1. The Hall–Kier alpha value is -4.78. The van der Waals surface area contributed by atoms with Crippen molar-refractivity contribution in [3.05, 3.63) is 70.5 Å². The van der Waals surface area contributed by atoms with E-state index in [1.54, 1.807) is 14.2 Å². The van der Waals surface area contributed by atoms with Crippen LogP contribution in [0, 0.1) is 0 Å². The van der Waals surface area contributed by atoms with Gasteiger partial charge in [-0.2, -0.15) is 0 Å². The van der Waals surface area contributed by atoms with Crippen molar-refractivity contribution in [2.24, 2.45) is 0 Å². The number of hydrogen-bond donors (Lipinski definition) is 5. The molecule has 0 unspecified atom stereocenters. The molecule has 5 atom stereocenters. The summed E-state index contributed by atoms with van der Waals surface area (Å²) in [4.78, 5) is 46.4. The predicted octanol–water partition coefficient (Wildman–Crippen LogP) is 2.09. The maximum absolute atomic E-state index is 13.3. The van der Waals surface area contributed by atoms with Crippen LogP contribution in [0.5, 0.6) is 11.5 Å². The number of benzene rings is 2. The fourth-order valence-electron chi connectivity index (χ4n) is 8.16. The van der Waals surface area contributed by atoms with Crippen LogP contribution in [-0.2, 0) is 41.4 Å². The summed E-state index contributed by atoms with van der Waals surface area (Å²) in [6, 6.07) is 15.2. The summed E-state index contributed by atoms with van der Waals surface area (Å²) in [7, 11) is 3.21. The number of nitrogens with one attached hydrogen (secondary N) is 3. The zero-order chi connectivity index (χ0) is 42.5. The third-order valence-electron chi connectivity index (χ3n) is 11.4. The number of piperidine rings is 1. The number of rotatable bonds is 20. The number of nitrogens with two attached hydrogens (primary N) is 2. The van der Waals surface area contributed by atoms with Gasteiger partial charge in [0, 0.05) is 27.1 Å². The Bertz CT molecular complexity index is 1800. The molecule has 3 aromatic rings. The van der Waals surface area contributed by atoms with Crippen molar-refractivity contribution in [2.75, 3.05) is 91.5 Å². The summed E-state index contributed by atoms with van der Waals surface area (Å²) in [6.45, 7) is 5.12. The number of ether oxygens (including phenoxy) is 6. The zero-order valence-corrected chi connectivity index (χ0v) is 35.1. The van der Waals surface area contributed by atoms with Crippen LogP contribution in [0.1, 0.15) is 47.3 Å². The van der Waals surface area contributed by atoms with Gasteiger partial charge in [-0.15, -0.1) is 0 Å². The number of quaternary nitrogens is 1. The van der Waals surface area contributed by atoms with Crippen LogP contribution in [0.2, 0.25) is 5.15 Å². The van der Waals surface area contributed by atoms with Crippen molar-refractivity contribution in [3.8, 4) is 11.5 Å². The van der Waals surface area contributed by atoms with E-state index in [0.29, 0.717) is 37.9 Å². The van der Waals surface area contributed by atoms with E-state index in [4.69, 9.17) is 51.5 Å². The third-order valence-corrected chi connectivity index (χ3v) is 11.7. The highest BCUT2D eigenvalue weighted by molar-refractivity contribution is 6.31. The van der Waals surface area contributed by atoms with Crippen molar-refractivity contribution in [1.29, 1.82) is 0 Å². The Morgan fingerprint density at radius 3 is 1.77 bits per heavy atom. The lowest BCUT2D eigenvalue weighted by Crippen LogP contribution is -2.60. The van der Waals surface area contributed by atoms with Crippen molar-refractivity contribution >= 4 is 41.0 Å². The Morgan fingerprint density at radius 1 is 0.750 bits per heavy atom. The molecule has 6 rings (SSSR count). The first kappa shape index (κ1) is 44.8. The van der Waals surface area contributed by atoms with Crippen LogP contribution >= 0.6 is 11.6 Å². The van der Waals surface area contributed by atoms with Gasteiger partial charge in [-0.1, -0.05) is 35.9 Å². The average molecular weight is 854 g/mol. The largest absolute Gasteiger partial charge is 0.484 e. The number of carbonyl (C=O) groups excluding carboxylic acids is 3. The fourth-order valence-corrected chi connectivity index (χ4v) is 8.29. The van der Waals surface area contributed by atoms with Gasteiger partial charge in [0.1, 0.15) is 23.7 Å². The first-order chi connectivity index (χ1) is 29.0. The number of nitrogen functional groups attached to an aromatic ring is 2. The van der Waals surface area contributed by atoms with Crippen molar-refractivity contribution in [1.82, 2.24) is 25.9 Å². The van der Waals surface area contributed by atoms with Crippen LogP contribution < -0.4 is 36.9 Å². The standard InChI is InChI=1S/C42H57ClN8O9/c1-55-34-23-57-21-32(34)47-36(52)25-59-30-13-9-27(10-14-30)6-3-17-51(19-5-8-29(20-51)46-42(54)38-40(44)50-41(45)39(43)49-38)18-4-7-28-11-15-31(16-12-28)60-26-37(53)48-33-22-58-24-35(33)56-2/h9-16,29,32-35H,3-8,17-26H2,1-2H3,(H6-,44,45,46,47,48,50,52,53,54)/p+1/t29-,32-,33-,34-,35-/m0/s1. The van der Waals surface area contributed by atoms with E-state index in [2.05, 4.69) is 25.9 Å². The number of aromatic nitrogens is 2. The second-order valence-electron chi connectivity index (χ2n) is 15.7. The van der Waals surface area contributed by atoms with E-state index in [1.165, 1.54) is 11.1 Å². The molecule has 60 heavy (non-hydrogen) atoms. The number of methoxy groups -OCH3 is 2. The predicted molar refractivity (Wildman–Crippen MR) is 224 cm³/mol. The number of hydrogen-bond acceptors (Lipinski definition) is 13. The quantitative estimate of drug-likeness (QED) is 0.103. The first-order valence-corrected chi connectivity index (χ1v) is 20.9. The number of aryl methyl sites for hydroxylation is 2. The summed E-state index contributed by atoms with van der Waals surface area (Å²) in [5, 5.41) is 8.91. The van der Waals surface area contributed by atoms with Crippen LogP contribution in [0.25, 0.3) is 0 Å². The van der Waals surface area contributed by atoms with Crippen LogP contribution in [0.15, 0.2) is 48.5 Å². The van der Waals surface area contributed by atoms with E-state index in [1.807, 2.05) is 48.5 Å². The molecule has 3 aliphatic heterocycles. The number of amides is 3. The van der Waals surface area contributed by atoms with Crippen molar-refractivity contribution in [3.63, 3.8) is 0 Å². The molecule has 17 nitrogen and oxygen atoms in total. The molecule has 3 saturated heterocycles. The Morgan fingerprint density at radius 2 is 1.27 bits per heavy atom. The van der Waals surface area contributed by atoms with Crippen LogP contribution in [-0.4, -0.2) is 143 Å². The molecule has 0 spiro atoms. The molecule has 1 aromatic heterocycles. The number of carbonyl (C=O) groups is 3. The first-order valence-electron chi connectivity index (χ1n) is 20.5. The molecule has 2 aromatic carbocycles. The van der Waals surface area contributed by atoms with Gasteiger partial charge in [0.25, 0.3) is 17.7 Å². The number of anilines is 2. The summed E-state index contributed by atoms with van der Waals surface area (Å²) >= 11 is 6.08. The van der Waals surface area contributed by atoms with Crippen LogP contribution in [0.4, 0.5) is 11.6 Å². The molecule has 7 N–H and O–H groups in total. The summed E-state index contributed by atoms with van der Waals surface area (Å²) in [5.41, 5.74) is 14.0. The number of nitrogens with zero attached hydrogens (tertiary/aromatic N) is 3. The molecule has 0 radical (unpaired) electrons. The minimum absolute atomic E-state index is 0.0267. The Labute approximate surface area is 355 Å². The number of likely N-dealkylation sites (tertiary alicyclic amines) is 1. The highest BCUT2D eigenvalue weighted by Gasteiger charge is 2.36. The third kappa shape index (κ3) is 12.6. The van der Waals surface area contributed by atoms with E-state index in [0.717, 1.165) is 69.2 Å². The minimum atomic E-state index is -0.426. The van der Waals surface area contributed by atoms with Gasteiger partial charge in [-0.05, 0) is 61.1 Å². The van der Waals surface area contributed by atoms with Gasteiger partial charge in [0.05, 0.1) is 70.7 Å². The lowest BCUT2D eigenvalue weighted by atomic mass is 9.99. The van der Waals surface area contributed by atoms with Gasteiger partial charge in [0.15, 0.2) is 35.7 Å². The zero-order valence-electron chi connectivity index (χ0n) is 34.4. The Kier molecular flexibility index (Phi) is 16.2. The monoisotopic (exact) mass is 853 g/mol. The van der Waals surface area contributed by atoms with Gasteiger partial charge in [-0.25, -0.2) is 9.97 Å². The van der Waals surface area contributed by atoms with Gasteiger partial charge in [-0.3, -0.25) is 14.4 Å². The highest BCUT2D eigenvalue weighted by atomic mass is 35.5. The molecule has 3 fully saturated rings. The van der Waals surface area contributed by atoms with Crippen molar-refractivity contribution < 1.29 is 47.3 Å². The second kappa shape index (κ2) is 21.7. The second-order valence-corrected chi connectivity index (χ2v) is 16.0. The topological polar surface area (TPSA) is 221 Å². The molecule has 4 heterocycles. The molecule has 3 aliphatic rings. The fraction of sp³-hybridized carbons (Fsp3) is 0.548. The molecule has 326 valence electrons. The molecule has 0 aliphatic carbocycles. The smallest absolute Gasteiger partial charge is 0.274 e. The van der Waals surface area contributed by atoms with E-state index in [9.17, 15) is 14.4 Å². The van der Waals surface area contributed by atoms with Gasteiger partial charge in [0.2, 0.25) is 0 Å². The maximum atomic E-state index is 13.3. The van der Waals surface area contributed by atoms with E-state index >= 15 is 0 Å². The summed E-state index contributed by atoms with van der Waals surface area (Å²) in [6.07, 6.45) is 5.00. The molecule has 0 bridgehead atoms. The molecule has 0 saturated carbocycles. The normalized spacial score (nSPS) is 22.2. The van der Waals surface area contributed by atoms with Crippen LogP contribution in [0.3, 0.4) is 0 Å². The molecule has 18 heteroatoms. The highest BCUT2D eigenvalue weighted by Crippen LogP contribution is 2.25. The summed E-state index contributed by atoms with van der Waals surface area (Å²) in [5.74, 6) is 0.262.